The van der Waals surface area contributed by atoms with E-state index in [1.165, 1.54) is 5.56 Å². The van der Waals surface area contributed by atoms with Gasteiger partial charge < -0.3 is 9.52 Å². The summed E-state index contributed by atoms with van der Waals surface area (Å²) in [7, 11) is 0. The normalized spacial score (nSPS) is 29.2. The van der Waals surface area contributed by atoms with E-state index in [9.17, 15) is 5.11 Å². The Balaban J connectivity index is 2.45. The summed E-state index contributed by atoms with van der Waals surface area (Å²) in [6.07, 6.45) is 1.05. The minimum atomic E-state index is -0.0468. The summed E-state index contributed by atoms with van der Waals surface area (Å²) in [6, 6.07) is 2.07. The molecule has 0 saturated heterocycles. The SMILES string of the molecule is Cc1cc(C2(CO)CC2(C)C)c(C)o1. The molecule has 0 bridgehead atoms. The monoisotopic (exact) mass is 194 g/mol. The number of aryl methyl sites for hydroxylation is 2. The Kier molecular flexibility index (Phi) is 1.84. The number of hydrogen-bond donors (Lipinski definition) is 1. The van der Waals surface area contributed by atoms with Gasteiger partial charge in [-0.05, 0) is 31.7 Å². The van der Waals surface area contributed by atoms with Crippen molar-refractivity contribution in [2.24, 2.45) is 5.41 Å². The number of furan rings is 1. The van der Waals surface area contributed by atoms with Gasteiger partial charge in [0.1, 0.15) is 11.5 Å². The third-order valence-electron chi connectivity index (χ3n) is 3.74. The molecule has 0 aromatic carbocycles. The van der Waals surface area contributed by atoms with Gasteiger partial charge in [-0.25, -0.2) is 0 Å². The quantitative estimate of drug-likeness (QED) is 0.785. The molecule has 0 spiro atoms. The maximum Gasteiger partial charge on any atom is 0.104 e. The molecule has 1 unspecified atom stereocenters. The van der Waals surface area contributed by atoms with Gasteiger partial charge in [0.25, 0.3) is 0 Å². The molecule has 1 heterocycles. The number of aliphatic hydroxyl groups excluding tert-OH is 1. The van der Waals surface area contributed by atoms with Crippen LogP contribution in [0.3, 0.4) is 0 Å². The van der Waals surface area contributed by atoms with Gasteiger partial charge in [-0.15, -0.1) is 0 Å². The second-order valence-corrected chi connectivity index (χ2v) is 5.13. The van der Waals surface area contributed by atoms with E-state index in [2.05, 4.69) is 19.9 Å². The lowest BCUT2D eigenvalue weighted by Crippen LogP contribution is -2.19. The van der Waals surface area contributed by atoms with Crippen molar-refractivity contribution >= 4 is 0 Å². The van der Waals surface area contributed by atoms with Gasteiger partial charge in [0.2, 0.25) is 0 Å². The van der Waals surface area contributed by atoms with Crippen molar-refractivity contribution in [1.29, 1.82) is 0 Å². The molecule has 2 rings (SSSR count). The van der Waals surface area contributed by atoms with E-state index in [0.29, 0.717) is 0 Å². The lowest BCUT2D eigenvalue weighted by Gasteiger charge is -2.16. The molecule has 0 radical (unpaired) electrons. The summed E-state index contributed by atoms with van der Waals surface area (Å²) < 4.78 is 5.52. The topological polar surface area (TPSA) is 33.4 Å². The Morgan fingerprint density at radius 3 is 2.29 bits per heavy atom. The first kappa shape index (κ1) is 9.78. The predicted molar refractivity (Wildman–Crippen MR) is 55.3 cm³/mol. The molecule has 2 heteroatoms. The van der Waals surface area contributed by atoms with Crippen molar-refractivity contribution < 1.29 is 9.52 Å². The molecule has 0 amide bonds. The van der Waals surface area contributed by atoms with Gasteiger partial charge in [0, 0.05) is 11.0 Å². The Bertz CT molecular complexity index is 362. The molecule has 1 aromatic rings. The third-order valence-corrected chi connectivity index (χ3v) is 3.74. The van der Waals surface area contributed by atoms with E-state index in [1.54, 1.807) is 0 Å². The number of rotatable bonds is 2. The Morgan fingerprint density at radius 1 is 1.43 bits per heavy atom. The van der Waals surface area contributed by atoms with Gasteiger partial charge in [0.15, 0.2) is 0 Å². The van der Waals surface area contributed by atoms with E-state index in [1.807, 2.05) is 13.8 Å². The maximum absolute atomic E-state index is 9.54. The average Bonchev–Trinajstić information content (AvgIpc) is 2.48. The van der Waals surface area contributed by atoms with Gasteiger partial charge in [-0.3, -0.25) is 0 Å². The minimum Gasteiger partial charge on any atom is -0.466 e. The molecule has 0 aliphatic heterocycles. The van der Waals surface area contributed by atoms with Crippen molar-refractivity contribution in [2.75, 3.05) is 6.61 Å². The van der Waals surface area contributed by atoms with Gasteiger partial charge >= 0.3 is 0 Å². The standard InChI is InChI=1S/C12H18O2/c1-8-5-10(9(2)14-8)12(7-13)6-11(12,3)4/h5,13H,6-7H2,1-4H3. The molecule has 1 aliphatic rings. The Hall–Kier alpha value is -0.760. The van der Waals surface area contributed by atoms with Crippen LogP contribution in [0.15, 0.2) is 10.5 Å². The second kappa shape index (κ2) is 2.63. The highest BCUT2D eigenvalue weighted by Gasteiger charge is 2.62. The fourth-order valence-electron chi connectivity index (χ4n) is 2.63. The van der Waals surface area contributed by atoms with Crippen LogP contribution in [0.25, 0.3) is 0 Å². The van der Waals surface area contributed by atoms with Gasteiger partial charge in [0.05, 0.1) is 6.61 Å². The van der Waals surface area contributed by atoms with Crippen molar-refractivity contribution in [3.8, 4) is 0 Å². The van der Waals surface area contributed by atoms with Crippen LogP contribution in [0.4, 0.5) is 0 Å². The summed E-state index contributed by atoms with van der Waals surface area (Å²) in [5.41, 5.74) is 1.36. The molecule has 2 nitrogen and oxygen atoms in total. The van der Waals surface area contributed by atoms with Crippen LogP contribution in [0.1, 0.15) is 37.4 Å². The van der Waals surface area contributed by atoms with Crippen LogP contribution in [0.5, 0.6) is 0 Å². The number of hydrogen-bond acceptors (Lipinski definition) is 2. The lowest BCUT2D eigenvalue weighted by atomic mass is 9.89. The summed E-state index contributed by atoms with van der Waals surface area (Å²) in [5.74, 6) is 1.90. The second-order valence-electron chi connectivity index (χ2n) is 5.13. The van der Waals surface area contributed by atoms with Crippen LogP contribution in [0, 0.1) is 19.3 Å². The van der Waals surface area contributed by atoms with E-state index >= 15 is 0 Å². The molecular formula is C12H18O2. The zero-order chi connectivity index (χ0) is 10.6. The molecule has 1 aromatic heterocycles. The summed E-state index contributed by atoms with van der Waals surface area (Å²) in [6.45, 7) is 8.56. The molecule has 78 valence electrons. The molecular weight excluding hydrogens is 176 g/mol. The van der Waals surface area contributed by atoms with Crippen molar-refractivity contribution in [3.63, 3.8) is 0 Å². The third kappa shape index (κ3) is 1.07. The Morgan fingerprint density at radius 2 is 2.00 bits per heavy atom. The first-order chi connectivity index (χ1) is 6.43. The fraction of sp³-hybridized carbons (Fsp3) is 0.667. The largest absolute Gasteiger partial charge is 0.466 e. The summed E-state index contributed by atoms with van der Waals surface area (Å²) in [5, 5.41) is 9.54. The van der Waals surface area contributed by atoms with Crippen LogP contribution >= 0.6 is 0 Å². The minimum absolute atomic E-state index is 0.0468. The predicted octanol–water partition coefficient (Wildman–Crippen LogP) is 2.56. The number of aliphatic hydroxyl groups is 1. The average molecular weight is 194 g/mol. The first-order valence-corrected chi connectivity index (χ1v) is 5.11. The van der Waals surface area contributed by atoms with Crippen molar-refractivity contribution in [3.05, 3.63) is 23.2 Å². The zero-order valence-electron chi connectivity index (χ0n) is 9.35. The van der Waals surface area contributed by atoms with Crippen LogP contribution < -0.4 is 0 Å². The highest BCUT2D eigenvalue weighted by molar-refractivity contribution is 5.40. The van der Waals surface area contributed by atoms with E-state index < -0.39 is 0 Å². The molecule has 1 saturated carbocycles. The maximum atomic E-state index is 9.54. The highest BCUT2D eigenvalue weighted by Crippen LogP contribution is 2.64. The summed E-state index contributed by atoms with van der Waals surface area (Å²) in [4.78, 5) is 0. The van der Waals surface area contributed by atoms with E-state index in [-0.39, 0.29) is 17.4 Å². The van der Waals surface area contributed by atoms with Crippen molar-refractivity contribution in [1.82, 2.24) is 0 Å². The first-order valence-electron chi connectivity index (χ1n) is 5.11. The van der Waals surface area contributed by atoms with Gasteiger partial charge in [-0.2, -0.15) is 0 Å². The zero-order valence-corrected chi connectivity index (χ0v) is 9.35. The van der Waals surface area contributed by atoms with Crippen molar-refractivity contribution in [2.45, 2.75) is 39.5 Å². The molecule has 1 atom stereocenters. The van der Waals surface area contributed by atoms with Crippen LogP contribution in [-0.4, -0.2) is 11.7 Å². The van der Waals surface area contributed by atoms with Crippen LogP contribution in [-0.2, 0) is 5.41 Å². The Labute approximate surface area is 84.9 Å². The fourth-order valence-corrected chi connectivity index (χ4v) is 2.63. The molecule has 1 N–H and O–H groups in total. The molecule has 14 heavy (non-hydrogen) atoms. The molecule has 1 fully saturated rings. The summed E-state index contributed by atoms with van der Waals surface area (Å²) >= 11 is 0. The van der Waals surface area contributed by atoms with Crippen LogP contribution in [0.2, 0.25) is 0 Å². The van der Waals surface area contributed by atoms with E-state index in [4.69, 9.17) is 4.42 Å². The van der Waals surface area contributed by atoms with E-state index in [0.717, 1.165) is 17.9 Å². The van der Waals surface area contributed by atoms with Gasteiger partial charge in [-0.1, -0.05) is 13.8 Å². The lowest BCUT2D eigenvalue weighted by molar-refractivity contribution is 0.230. The smallest absolute Gasteiger partial charge is 0.104 e. The highest BCUT2D eigenvalue weighted by atomic mass is 16.3. The molecule has 1 aliphatic carbocycles.